The maximum atomic E-state index is 12.4. The Morgan fingerprint density at radius 3 is 2.67 bits per heavy atom. The van der Waals surface area contributed by atoms with Crippen molar-refractivity contribution in [2.45, 2.75) is 65.0 Å². The van der Waals surface area contributed by atoms with Crippen molar-refractivity contribution in [1.82, 2.24) is 10.6 Å². The van der Waals surface area contributed by atoms with E-state index in [4.69, 9.17) is 0 Å². The second-order valence-corrected chi connectivity index (χ2v) is 6.21. The van der Waals surface area contributed by atoms with Crippen LogP contribution in [0.1, 0.15) is 52.9 Å². The number of piperidine rings is 1. The quantitative estimate of drug-likeness (QED) is 0.809. The molecule has 1 aliphatic heterocycles. The van der Waals surface area contributed by atoms with E-state index in [1.807, 2.05) is 0 Å². The van der Waals surface area contributed by atoms with Gasteiger partial charge in [-0.1, -0.05) is 20.3 Å². The number of hydrogen-bond acceptors (Lipinski definition) is 2. The molecule has 0 spiro atoms. The van der Waals surface area contributed by atoms with Crippen molar-refractivity contribution in [3.8, 4) is 0 Å². The number of nitrogens with one attached hydrogen (secondary N) is 2. The van der Waals surface area contributed by atoms with E-state index in [1.54, 1.807) is 0 Å². The fraction of sp³-hybridized carbons (Fsp3) is 0.933. The summed E-state index contributed by atoms with van der Waals surface area (Å²) in [4.78, 5) is 12.4. The van der Waals surface area contributed by atoms with E-state index in [-0.39, 0.29) is 11.8 Å². The fourth-order valence-corrected chi connectivity index (χ4v) is 3.72. The molecule has 0 aromatic heterocycles. The summed E-state index contributed by atoms with van der Waals surface area (Å²) >= 11 is 0. The zero-order chi connectivity index (χ0) is 13.1. The van der Waals surface area contributed by atoms with Gasteiger partial charge >= 0.3 is 0 Å². The van der Waals surface area contributed by atoms with Gasteiger partial charge in [-0.2, -0.15) is 0 Å². The highest BCUT2D eigenvalue weighted by molar-refractivity contribution is 5.79. The predicted molar refractivity (Wildman–Crippen MR) is 74.3 cm³/mol. The van der Waals surface area contributed by atoms with Gasteiger partial charge in [0, 0.05) is 12.1 Å². The van der Waals surface area contributed by atoms with Crippen molar-refractivity contribution in [3.05, 3.63) is 0 Å². The Hall–Kier alpha value is -0.570. The van der Waals surface area contributed by atoms with E-state index in [0.717, 1.165) is 25.3 Å². The lowest BCUT2D eigenvalue weighted by Gasteiger charge is -2.31. The minimum atomic E-state index is 0.173. The van der Waals surface area contributed by atoms with Crippen molar-refractivity contribution in [2.75, 3.05) is 6.54 Å². The fourth-order valence-electron chi connectivity index (χ4n) is 3.72. The molecule has 104 valence electrons. The number of carbonyl (C=O) groups excluding carboxylic acids is 1. The summed E-state index contributed by atoms with van der Waals surface area (Å²) in [5, 5.41) is 6.72. The van der Waals surface area contributed by atoms with Gasteiger partial charge in [-0.15, -0.1) is 0 Å². The van der Waals surface area contributed by atoms with Crippen LogP contribution in [0.2, 0.25) is 0 Å². The third kappa shape index (κ3) is 2.87. The lowest BCUT2D eigenvalue weighted by atomic mass is 9.89. The zero-order valence-corrected chi connectivity index (χ0v) is 12.0. The summed E-state index contributed by atoms with van der Waals surface area (Å²) in [6.45, 7) is 7.76. The molecule has 18 heavy (non-hydrogen) atoms. The van der Waals surface area contributed by atoms with Crippen molar-refractivity contribution < 1.29 is 4.79 Å². The Bertz CT molecular complexity index is 292. The van der Waals surface area contributed by atoms with Crippen LogP contribution in [0.15, 0.2) is 0 Å². The first-order valence-electron chi connectivity index (χ1n) is 7.67. The summed E-state index contributed by atoms with van der Waals surface area (Å²) in [5.41, 5.74) is 0. The summed E-state index contributed by atoms with van der Waals surface area (Å²) in [6, 6.07) is 0.744. The first kappa shape index (κ1) is 13.9. The molecule has 3 nitrogen and oxygen atoms in total. The average Bonchev–Trinajstić information content (AvgIpc) is 2.71. The third-order valence-electron chi connectivity index (χ3n) is 5.18. The number of carbonyl (C=O) groups is 1. The molecule has 1 saturated carbocycles. The van der Waals surface area contributed by atoms with Crippen LogP contribution in [-0.2, 0) is 4.79 Å². The highest BCUT2D eigenvalue weighted by Crippen LogP contribution is 2.34. The molecule has 3 heteroatoms. The highest BCUT2D eigenvalue weighted by atomic mass is 16.2. The smallest absolute Gasteiger partial charge is 0.224 e. The molecule has 1 saturated heterocycles. The van der Waals surface area contributed by atoms with Crippen molar-refractivity contribution in [3.63, 3.8) is 0 Å². The third-order valence-corrected chi connectivity index (χ3v) is 5.18. The summed E-state index contributed by atoms with van der Waals surface area (Å²) in [6.07, 6.45) is 5.86. The molecule has 0 aromatic carbocycles. The van der Waals surface area contributed by atoms with Crippen LogP contribution >= 0.6 is 0 Å². The summed E-state index contributed by atoms with van der Waals surface area (Å²) < 4.78 is 0. The summed E-state index contributed by atoms with van der Waals surface area (Å²) in [7, 11) is 0. The second kappa shape index (κ2) is 6.05. The van der Waals surface area contributed by atoms with E-state index in [9.17, 15) is 4.79 Å². The maximum absolute atomic E-state index is 12.4. The lowest BCUT2D eigenvalue weighted by molar-refractivity contribution is -0.127. The van der Waals surface area contributed by atoms with Gasteiger partial charge in [0.25, 0.3) is 0 Å². The van der Waals surface area contributed by atoms with E-state index < -0.39 is 0 Å². The van der Waals surface area contributed by atoms with Gasteiger partial charge in [0.05, 0.1) is 5.92 Å². The molecule has 2 rings (SSSR count). The first-order valence-corrected chi connectivity index (χ1v) is 7.67. The molecule has 1 amide bonds. The molecule has 0 bridgehead atoms. The molecule has 0 radical (unpaired) electrons. The predicted octanol–water partition coefficient (Wildman–Crippen LogP) is 2.32. The van der Waals surface area contributed by atoms with Gasteiger partial charge < -0.3 is 10.6 Å². The van der Waals surface area contributed by atoms with Crippen LogP contribution in [0.3, 0.4) is 0 Å². The molecule has 2 aliphatic rings. The molecular weight excluding hydrogens is 224 g/mol. The molecular formula is C15H28N2O. The standard InChI is InChI=1S/C15H28N2O/c1-4-12-7-8-14(10(12)2)17-15(18)13-6-5-9-16-11(13)3/h10-14,16H,4-9H2,1-3H3,(H,17,18). The highest BCUT2D eigenvalue weighted by Gasteiger charge is 2.35. The Morgan fingerprint density at radius 2 is 2.06 bits per heavy atom. The van der Waals surface area contributed by atoms with Crippen LogP contribution in [0, 0.1) is 17.8 Å². The Kier molecular flexibility index (Phi) is 4.66. The van der Waals surface area contributed by atoms with Gasteiger partial charge in [0.1, 0.15) is 0 Å². The topological polar surface area (TPSA) is 41.1 Å². The largest absolute Gasteiger partial charge is 0.353 e. The molecule has 5 unspecified atom stereocenters. The van der Waals surface area contributed by atoms with Crippen LogP contribution in [0.4, 0.5) is 0 Å². The second-order valence-electron chi connectivity index (χ2n) is 6.21. The molecule has 5 atom stereocenters. The minimum Gasteiger partial charge on any atom is -0.353 e. The lowest BCUT2D eigenvalue weighted by Crippen LogP contribution is -2.49. The van der Waals surface area contributed by atoms with Crippen LogP contribution in [0.25, 0.3) is 0 Å². The number of rotatable bonds is 3. The molecule has 1 heterocycles. The van der Waals surface area contributed by atoms with Crippen LogP contribution in [0.5, 0.6) is 0 Å². The van der Waals surface area contributed by atoms with Gasteiger partial charge in [-0.05, 0) is 51.0 Å². The normalized spacial score (nSPS) is 40.7. The molecule has 2 fully saturated rings. The van der Waals surface area contributed by atoms with Gasteiger partial charge in [-0.25, -0.2) is 0 Å². The Morgan fingerprint density at radius 1 is 1.28 bits per heavy atom. The summed E-state index contributed by atoms with van der Waals surface area (Å²) in [5.74, 6) is 1.90. The van der Waals surface area contributed by atoms with Crippen molar-refractivity contribution in [1.29, 1.82) is 0 Å². The van der Waals surface area contributed by atoms with Crippen LogP contribution < -0.4 is 10.6 Å². The van der Waals surface area contributed by atoms with Gasteiger partial charge in [0.2, 0.25) is 5.91 Å². The molecule has 1 aliphatic carbocycles. The number of amides is 1. The molecule has 2 N–H and O–H groups in total. The van der Waals surface area contributed by atoms with E-state index in [2.05, 4.69) is 31.4 Å². The van der Waals surface area contributed by atoms with E-state index >= 15 is 0 Å². The zero-order valence-electron chi connectivity index (χ0n) is 12.0. The van der Waals surface area contributed by atoms with Crippen molar-refractivity contribution in [2.24, 2.45) is 17.8 Å². The molecule has 0 aromatic rings. The Balaban J connectivity index is 1.87. The van der Waals surface area contributed by atoms with Crippen LogP contribution in [-0.4, -0.2) is 24.5 Å². The van der Waals surface area contributed by atoms with Gasteiger partial charge in [-0.3, -0.25) is 4.79 Å². The van der Waals surface area contributed by atoms with E-state index in [0.29, 0.717) is 18.0 Å². The first-order chi connectivity index (χ1) is 8.63. The minimum absolute atomic E-state index is 0.173. The van der Waals surface area contributed by atoms with Gasteiger partial charge in [0.15, 0.2) is 0 Å². The monoisotopic (exact) mass is 252 g/mol. The van der Waals surface area contributed by atoms with E-state index in [1.165, 1.54) is 19.3 Å². The maximum Gasteiger partial charge on any atom is 0.224 e. The SMILES string of the molecule is CCC1CCC(NC(=O)C2CCCNC2C)C1C. The Labute approximate surface area is 111 Å². The number of hydrogen-bond donors (Lipinski definition) is 2. The average molecular weight is 252 g/mol. The van der Waals surface area contributed by atoms with Crippen molar-refractivity contribution >= 4 is 5.91 Å².